The van der Waals surface area contributed by atoms with E-state index < -0.39 is 43.4 Å². The van der Waals surface area contributed by atoms with Crippen LogP contribution in [0.25, 0.3) is 0 Å². The van der Waals surface area contributed by atoms with E-state index in [1.165, 1.54) is 0 Å². The minimum atomic E-state index is -1.02. The number of aryl methyl sites for hydroxylation is 1. The summed E-state index contributed by atoms with van der Waals surface area (Å²) < 4.78 is 5.62. The van der Waals surface area contributed by atoms with Gasteiger partial charge in [-0.15, -0.1) is 0 Å². The number of carbonyl (C=O) groups is 2. The number of aliphatic hydroxyl groups excluding tert-OH is 4. The van der Waals surface area contributed by atoms with Crippen molar-refractivity contribution in [3.05, 3.63) is 60.2 Å². The number of ether oxygens (including phenoxy) is 1. The van der Waals surface area contributed by atoms with E-state index in [2.05, 4.69) is 5.32 Å². The third-order valence-corrected chi connectivity index (χ3v) is 6.78. The molecule has 0 saturated heterocycles. The van der Waals surface area contributed by atoms with Crippen LogP contribution in [0.1, 0.15) is 51.0 Å². The minimum absolute atomic E-state index is 0.0279. The maximum atomic E-state index is 12.4. The fourth-order valence-electron chi connectivity index (χ4n) is 4.62. The summed E-state index contributed by atoms with van der Waals surface area (Å²) in [6, 6.07) is 9.90. The molecule has 0 aromatic heterocycles. The van der Waals surface area contributed by atoms with Gasteiger partial charge in [-0.2, -0.15) is 0 Å². The summed E-state index contributed by atoms with van der Waals surface area (Å²) in [7, 11) is 0. The van der Waals surface area contributed by atoms with Gasteiger partial charge >= 0.3 is 5.97 Å². The van der Waals surface area contributed by atoms with Crippen LogP contribution in [0, 0.1) is 17.8 Å². The highest BCUT2D eigenvalue weighted by molar-refractivity contribution is 5.75. The van der Waals surface area contributed by atoms with Crippen molar-refractivity contribution >= 4 is 11.9 Å². The smallest absolute Gasteiger partial charge is 0.313 e. The predicted molar refractivity (Wildman–Crippen MR) is 141 cm³/mol. The van der Waals surface area contributed by atoms with E-state index in [4.69, 9.17) is 4.74 Å². The molecule has 5 atom stereocenters. The molecule has 0 bridgehead atoms. The van der Waals surface area contributed by atoms with Crippen molar-refractivity contribution in [3.63, 3.8) is 0 Å². The Hall–Kier alpha value is -2.52. The van der Waals surface area contributed by atoms with Gasteiger partial charge in [0.25, 0.3) is 0 Å². The molecule has 1 amide bonds. The van der Waals surface area contributed by atoms with Crippen molar-refractivity contribution in [2.75, 3.05) is 19.8 Å². The molecule has 1 aliphatic carbocycles. The zero-order chi connectivity index (χ0) is 27.0. The minimum Gasteiger partial charge on any atom is -0.462 e. The number of carbonyl (C=O) groups excluding carboxylic acids is 2. The monoisotopic (exact) mass is 517 g/mol. The van der Waals surface area contributed by atoms with Crippen LogP contribution in [0.15, 0.2) is 54.6 Å². The van der Waals surface area contributed by atoms with E-state index in [1.54, 1.807) is 6.08 Å². The molecule has 5 N–H and O–H groups in total. The van der Waals surface area contributed by atoms with E-state index in [0.29, 0.717) is 25.8 Å². The number of nitrogens with one attached hydrogen (secondary N) is 1. The third-order valence-electron chi connectivity index (χ3n) is 6.78. The van der Waals surface area contributed by atoms with Gasteiger partial charge in [0.2, 0.25) is 5.91 Å². The van der Waals surface area contributed by atoms with E-state index >= 15 is 0 Å². The Morgan fingerprint density at radius 2 is 1.89 bits per heavy atom. The number of hydrogen-bond acceptors (Lipinski definition) is 7. The topological polar surface area (TPSA) is 136 Å². The molecule has 1 aliphatic rings. The molecule has 8 nitrogen and oxygen atoms in total. The Balaban J connectivity index is 2.01. The van der Waals surface area contributed by atoms with Gasteiger partial charge < -0.3 is 30.5 Å². The fraction of sp³-hybridized carbons (Fsp3) is 0.586. The van der Waals surface area contributed by atoms with Gasteiger partial charge in [-0.1, -0.05) is 54.6 Å². The predicted octanol–water partition coefficient (Wildman–Crippen LogP) is 2.30. The molecule has 1 saturated carbocycles. The van der Waals surface area contributed by atoms with Gasteiger partial charge in [0.1, 0.15) is 12.0 Å². The van der Waals surface area contributed by atoms with Gasteiger partial charge in [0.15, 0.2) is 0 Å². The van der Waals surface area contributed by atoms with Crippen molar-refractivity contribution in [1.29, 1.82) is 0 Å². The molecule has 0 heterocycles. The van der Waals surface area contributed by atoms with Gasteiger partial charge in [0.05, 0.1) is 25.4 Å². The third kappa shape index (κ3) is 10.8. The number of hydrogen-bond donors (Lipinski definition) is 5. The second-order valence-corrected chi connectivity index (χ2v) is 9.61. The normalized spacial score (nSPS) is 22.6. The van der Waals surface area contributed by atoms with Crippen molar-refractivity contribution < 1.29 is 34.8 Å². The lowest BCUT2D eigenvalue weighted by molar-refractivity contribution is -0.159. The van der Waals surface area contributed by atoms with Crippen LogP contribution in [0.3, 0.4) is 0 Å². The zero-order valence-electron chi connectivity index (χ0n) is 21.7. The van der Waals surface area contributed by atoms with Crippen LogP contribution in [0.4, 0.5) is 0 Å². The van der Waals surface area contributed by atoms with Crippen LogP contribution in [0.5, 0.6) is 0 Å². The molecule has 1 aromatic carbocycles. The van der Waals surface area contributed by atoms with E-state index in [0.717, 1.165) is 24.8 Å². The highest BCUT2D eigenvalue weighted by Crippen LogP contribution is 2.38. The molecule has 206 valence electrons. The lowest BCUT2D eigenvalue weighted by atomic mass is 9.89. The van der Waals surface area contributed by atoms with Crippen molar-refractivity contribution in [1.82, 2.24) is 5.32 Å². The molecular formula is C29H43NO7. The standard InChI is InChI=1S/C29H43NO7/c1-2-30-28(35)13-9-4-3-8-12-25-24(17-16-23(33)15-14-21-10-6-5-7-11-21)26(34)18-27(25)37-29(36)22(19-31)20-32/h3,5-8,10-11,16-17,22-27,31-34H,2,4,9,12-15,18-20H2,1H3,(H,30,35)/t23-,24+,25+,26+,27-/m0/s1. The van der Waals surface area contributed by atoms with Gasteiger partial charge in [-0.25, -0.2) is 0 Å². The first-order valence-electron chi connectivity index (χ1n) is 13.3. The Bertz CT molecular complexity index is 853. The maximum absolute atomic E-state index is 12.4. The lowest BCUT2D eigenvalue weighted by Gasteiger charge is -2.24. The van der Waals surface area contributed by atoms with Crippen LogP contribution >= 0.6 is 0 Å². The number of esters is 1. The van der Waals surface area contributed by atoms with Gasteiger partial charge in [-0.3, -0.25) is 9.59 Å². The van der Waals surface area contributed by atoms with Crippen LogP contribution < -0.4 is 5.32 Å². The summed E-state index contributed by atoms with van der Waals surface area (Å²) in [5.41, 5.74) is 1.14. The molecule has 0 spiro atoms. The molecule has 0 aliphatic heterocycles. The molecule has 37 heavy (non-hydrogen) atoms. The Labute approximate surface area is 220 Å². The Morgan fingerprint density at radius 1 is 1.16 bits per heavy atom. The molecule has 2 rings (SSSR count). The molecular weight excluding hydrogens is 474 g/mol. The summed E-state index contributed by atoms with van der Waals surface area (Å²) in [5, 5.41) is 42.7. The molecule has 1 fully saturated rings. The van der Waals surface area contributed by atoms with Crippen LogP contribution in [-0.4, -0.2) is 70.4 Å². The fourth-order valence-corrected chi connectivity index (χ4v) is 4.62. The first-order valence-corrected chi connectivity index (χ1v) is 13.3. The highest BCUT2D eigenvalue weighted by atomic mass is 16.5. The van der Waals surface area contributed by atoms with Crippen molar-refractivity contribution in [3.8, 4) is 0 Å². The van der Waals surface area contributed by atoms with E-state index in [9.17, 15) is 30.0 Å². The van der Waals surface area contributed by atoms with E-state index in [-0.39, 0.29) is 24.2 Å². The summed E-state index contributed by atoms with van der Waals surface area (Å²) in [5.74, 6) is -2.23. The van der Waals surface area contributed by atoms with Crippen molar-refractivity contribution in [2.24, 2.45) is 17.8 Å². The van der Waals surface area contributed by atoms with Gasteiger partial charge in [-0.05, 0) is 44.6 Å². The summed E-state index contributed by atoms with van der Waals surface area (Å²) in [6.45, 7) is 1.46. The van der Waals surface area contributed by atoms with Gasteiger partial charge in [0, 0.05) is 31.2 Å². The summed E-state index contributed by atoms with van der Waals surface area (Å²) >= 11 is 0. The molecule has 8 heteroatoms. The highest BCUT2D eigenvalue weighted by Gasteiger charge is 2.43. The average molecular weight is 518 g/mol. The number of unbranched alkanes of at least 4 members (excludes halogenated alkanes) is 1. The molecule has 0 radical (unpaired) electrons. The summed E-state index contributed by atoms with van der Waals surface area (Å²) in [4.78, 5) is 24.0. The second-order valence-electron chi connectivity index (χ2n) is 9.61. The Morgan fingerprint density at radius 3 is 2.57 bits per heavy atom. The Kier molecular flexibility index (Phi) is 14.2. The maximum Gasteiger partial charge on any atom is 0.313 e. The van der Waals surface area contributed by atoms with Crippen LogP contribution in [0.2, 0.25) is 0 Å². The number of allylic oxidation sites excluding steroid dienone is 2. The molecule has 0 unspecified atom stereocenters. The first kappa shape index (κ1) is 30.7. The number of amides is 1. The first-order chi connectivity index (χ1) is 17.9. The zero-order valence-corrected chi connectivity index (χ0v) is 21.7. The molecule has 1 aromatic rings. The van der Waals surface area contributed by atoms with Crippen molar-refractivity contribution in [2.45, 2.75) is 70.2 Å². The second kappa shape index (κ2) is 17.1. The average Bonchev–Trinajstić information content (AvgIpc) is 3.18. The SMILES string of the molecule is CCNC(=O)CCCC=CC[C@@H]1[C@@H](C=C[C@@H](O)CCc2ccccc2)[C@H](O)C[C@@H]1OC(=O)C(CO)CO. The number of benzene rings is 1. The summed E-state index contributed by atoms with van der Waals surface area (Å²) in [6.07, 6.45) is 9.42. The largest absolute Gasteiger partial charge is 0.462 e. The van der Waals surface area contributed by atoms with Crippen LogP contribution in [-0.2, 0) is 20.7 Å². The van der Waals surface area contributed by atoms with E-state index in [1.807, 2.05) is 55.5 Å². The quantitative estimate of drug-likeness (QED) is 0.129. The number of rotatable bonds is 16. The number of aliphatic hydroxyl groups is 4. The lowest BCUT2D eigenvalue weighted by Crippen LogP contribution is -2.31.